The van der Waals surface area contributed by atoms with Gasteiger partial charge in [0.15, 0.2) is 22.8 Å². The molecule has 0 heterocycles. The van der Waals surface area contributed by atoms with E-state index in [-0.39, 0.29) is 18.6 Å². The topological polar surface area (TPSA) is 141 Å². The number of allylic oxidation sites excluding steroid dienone is 4. The number of fused-ring (bicyclic) bond motifs is 5. The van der Waals surface area contributed by atoms with Gasteiger partial charge in [0.2, 0.25) is 0 Å². The Bertz CT molecular complexity index is 973. The maximum absolute atomic E-state index is 17.1. The minimum atomic E-state index is -4.99. The van der Waals surface area contributed by atoms with Gasteiger partial charge in [-0.15, -0.1) is 0 Å². The highest BCUT2D eigenvalue weighted by Crippen LogP contribution is 2.68. The van der Waals surface area contributed by atoms with Crippen LogP contribution in [0.3, 0.4) is 0 Å². The first-order valence-electron chi connectivity index (χ1n) is 10.9. The van der Waals surface area contributed by atoms with Gasteiger partial charge in [-0.1, -0.05) is 25.5 Å². The van der Waals surface area contributed by atoms with Crippen LogP contribution in [0.1, 0.15) is 46.5 Å². The number of carbonyl (C=O) groups excluding carboxylic acids is 2. The summed E-state index contributed by atoms with van der Waals surface area (Å²) >= 11 is 0. The Balaban J connectivity index is 1.81. The second-order valence-electron chi connectivity index (χ2n) is 10.4. The van der Waals surface area contributed by atoms with Crippen LogP contribution in [0, 0.1) is 28.6 Å². The minimum Gasteiger partial charge on any atom is -0.390 e. The van der Waals surface area contributed by atoms with Crippen molar-refractivity contribution in [3.05, 3.63) is 23.8 Å². The van der Waals surface area contributed by atoms with Crippen LogP contribution in [0.4, 0.5) is 4.39 Å². The van der Waals surface area contributed by atoms with Gasteiger partial charge in [0.1, 0.15) is 0 Å². The minimum absolute atomic E-state index is 0.226. The number of hydrogen-bond donors (Lipinski definition) is 4. The fraction of sp³-hybridized carbons (Fsp3) is 0.727. The molecule has 10 heteroatoms. The highest BCUT2D eigenvalue weighted by Gasteiger charge is 2.74. The Labute approximate surface area is 185 Å². The zero-order valence-corrected chi connectivity index (χ0v) is 19.2. The number of Topliss-reactive ketones (excluding diaryl/α,β-unsaturated/α-hetero) is 1. The van der Waals surface area contributed by atoms with Crippen molar-refractivity contribution in [2.75, 3.05) is 6.61 Å². The summed E-state index contributed by atoms with van der Waals surface area (Å²) in [4.78, 5) is 43.3. The molecule has 8 atom stereocenters. The van der Waals surface area contributed by atoms with Gasteiger partial charge in [0.25, 0.3) is 0 Å². The third kappa shape index (κ3) is 3.02. The predicted molar refractivity (Wildman–Crippen MR) is 111 cm³/mol. The molecule has 178 valence electrons. The Kier molecular flexibility index (Phi) is 5.34. The van der Waals surface area contributed by atoms with Crippen LogP contribution in [0.15, 0.2) is 23.8 Å². The quantitative estimate of drug-likeness (QED) is 0.457. The number of phosphoric acid groups is 1. The summed E-state index contributed by atoms with van der Waals surface area (Å²) in [5.74, 6) is -2.84. The number of ketones is 2. The molecule has 0 aliphatic heterocycles. The molecule has 1 unspecified atom stereocenters. The van der Waals surface area contributed by atoms with E-state index in [9.17, 15) is 34.2 Å². The average Bonchev–Trinajstić information content (AvgIpc) is 2.69. The van der Waals surface area contributed by atoms with Gasteiger partial charge in [0.05, 0.1) is 12.7 Å². The van der Waals surface area contributed by atoms with Crippen LogP contribution in [-0.4, -0.2) is 55.5 Å². The molecule has 0 saturated heterocycles. The third-order valence-electron chi connectivity index (χ3n) is 8.88. The van der Waals surface area contributed by atoms with E-state index in [4.69, 9.17) is 0 Å². The monoisotopic (exact) mass is 472 g/mol. The Hall–Kier alpha value is -1.22. The maximum atomic E-state index is 17.1. The van der Waals surface area contributed by atoms with E-state index in [1.165, 1.54) is 18.2 Å². The van der Waals surface area contributed by atoms with Crippen LogP contribution in [0.5, 0.6) is 0 Å². The van der Waals surface area contributed by atoms with Crippen molar-refractivity contribution < 1.29 is 43.1 Å². The number of hydrogen-bond acceptors (Lipinski definition) is 6. The van der Waals surface area contributed by atoms with E-state index in [1.54, 1.807) is 20.8 Å². The van der Waals surface area contributed by atoms with E-state index < -0.39 is 66.2 Å². The van der Waals surface area contributed by atoms with E-state index in [0.717, 1.165) is 0 Å². The number of halogens is 1. The lowest BCUT2D eigenvalue weighted by Crippen LogP contribution is -2.74. The number of aliphatic hydroxyl groups is 2. The fourth-order valence-corrected chi connectivity index (χ4v) is 7.42. The summed E-state index contributed by atoms with van der Waals surface area (Å²) in [6.07, 6.45) is 3.39. The molecule has 4 rings (SSSR count). The fourth-order valence-electron chi connectivity index (χ4n) is 7.06. The molecule has 4 N–H and O–H groups in total. The average molecular weight is 472 g/mol. The normalized spacial score (nSPS) is 48.6. The lowest BCUT2D eigenvalue weighted by Gasteiger charge is -2.66. The summed E-state index contributed by atoms with van der Waals surface area (Å²) in [6, 6.07) is 0. The number of carbonyl (C=O) groups is 2. The lowest BCUT2D eigenvalue weighted by atomic mass is 9.40. The maximum Gasteiger partial charge on any atom is 0.469 e. The van der Waals surface area contributed by atoms with Crippen molar-refractivity contribution in [2.24, 2.45) is 28.6 Å². The molecule has 0 amide bonds. The lowest BCUT2D eigenvalue weighted by molar-refractivity contribution is -0.254. The summed E-state index contributed by atoms with van der Waals surface area (Å²) in [6.45, 7) is 3.90. The highest BCUT2D eigenvalue weighted by molar-refractivity contribution is 7.46. The van der Waals surface area contributed by atoms with Gasteiger partial charge in [-0.2, -0.15) is 0 Å². The van der Waals surface area contributed by atoms with Crippen molar-refractivity contribution in [3.63, 3.8) is 0 Å². The van der Waals surface area contributed by atoms with Crippen LogP contribution >= 0.6 is 7.82 Å². The molecule has 0 aromatic carbocycles. The Morgan fingerprint density at radius 2 is 1.91 bits per heavy atom. The molecule has 3 fully saturated rings. The molecule has 0 spiro atoms. The smallest absolute Gasteiger partial charge is 0.390 e. The SMILES string of the molecule is CC1C[C@H]2[C@@H]3CCC4=CC(=O)C=C[C@]4(C)[C@@]3(F)[C@@H](O)C[C@]2(C)[C@](O)(COP(=O)(O)O)C1=O. The van der Waals surface area contributed by atoms with Gasteiger partial charge < -0.3 is 20.0 Å². The van der Waals surface area contributed by atoms with E-state index in [1.807, 2.05) is 0 Å². The third-order valence-corrected chi connectivity index (χ3v) is 9.35. The molecule has 32 heavy (non-hydrogen) atoms. The Morgan fingerprint density at radius 3 is 2.53 bits per heavy atom. The van der Waals surface area contributed by atoms with Crippen molar-refractivity contribution in [1.82, 2.24) is 0 Å². The molecule has 0 bridgehead atoms. The van der Waals surface area contributed by atoms with Crippen LogP contribution in [-0.2, 0) is 18.7 Å². The largest absolute Gasteiger partial charge is 0.469 e. The first kappa shape index (κ1) is 23.9. The zero-order chi connectivity index (χ0) is 23.9. The predicted octanol–water partition coefficient (Wildman–Crippen LogP) is 2.01. The van der Waals surface area contributed by atoms with E-state index in [2.05, 4.69) is 4.52 Å². The summed E-state index contributed by atoms with van der Waals surface area (Å²) < 4.78 is 33.0. The van der Waals surface area contributed by atoms with Crippen LogP contribution in [0.2, 0.25) is 0 Å². The summed E-state index contributed by atoms with van der Waals surface area (Å²) in [7, 11) is -4.99. The number of rotatable bonds is 3. The van der Waals surface area contributed by atoms with E-state index >= 15 is 4.39 Å². The molecule has 3 saturated carbocycles. The molecular weight excluding hydrogens is 442 g/mol. The summed E-state index contributed by atoms with van der Waals surface area (Å²) in [5, 5.41) is 22.7. The summed E-state index contributed by atoms with van der Waals surface area (Å²) in [5.41, 5.74) is -6.39. The molecule has 0 radical (unpaired) electrons. The standard InChI is InChI=1S/C22H30FO8P/c1-12-8-16-15-5-4-13-9-14(24)6-7-19(13,2)22(15,23)17(25)10-20(16,3)21(27,18(12)26)11-31-32(28,29)30/h6-7,9,12,15-17,25,27H,4-5,8,10-11H2,1-3H3,(H2,28,29,30)/t12?,15-,16-,17-,19-,20-,21-,22-/m0/s1. The Morgan fingerprint density at radius 1 is 1.25 bits per heavy atom. The van der Waals surface area contributed by atoms with Gasteiger partial charge in [-0.05, 0) is 50.7 Å². The van der Waals surface area contributed by atoms with Gasteiger partial charge in [-0.25, -0.2) is 8.96 Å². The first-order chi connectivity index (χ1) is 14.6. The highest BCUT2D eigenvalue weighted by atomic mass is 31.2. The molecule has 0 aromatic heterocycles. The van der Waals surface area contributed by atoms with Crippen molar-refractivity contribution >= 4 is 19.4 Å². The first-order valence-corrected chi connectivity index (χ1v) is 12.4. The van der Waals surface area contributed by atoms with Gasteiger partial charge in [0, 0.05) is 22.7 Å². The van der Waals surface area contributed by atoms with Gasteiger partial charge in [-0.3, -0.25) is 14.1 Å². The number of phosphoric ester groups is 1. The van der Waals surface area contributed by atoms with Crippen molar-refractivity contribution in [1.29, 1.82) is 0 Å². The number of alkyl halides is 1. The molecule has 4 aliphatic rings. The van der Waals surface area contributed by atoms with Crippen molar-refractivity contribution in [2.45, 2.75) is 63.8 Å². The van der Waals surface area contributed by atoms with Gasteiger partial charge >= 0.3 is 7.82 Å². The molecular formula is C22H30FO8P. The molecule has 0 aromatic rings. The van der Waals surface area contributed by atoms with E-state index in [0.29, 0.717) is 18.4 Å². The number of aliphatic hydroxyl groups excluding tert-OH is 1. The second kappa shape index (κ2) is 7.14. The van der Waals surface area contributed by atoms with Crippen molar-refractivity contribution in [3.8, 4) is 0 Å². The second-order valence-corrected chi connectivity index (χ2v) is 11.6. The molecule has 8 nitrogen and oxygen atoms in total. The molecule has 4 aliphatic carbocycles. The van der Waals surface area contributed by atoms with Crippen LogP contribution < -0.4 is 0 Å². The zero-order valence-electron chi connectivity index (χ0n) is 18.3. The van der Waals surface area contributed by atoms with Crippen LogP contribution in [0.25, 0.3) is 0 Å².